The number of ether oxygens (including phenoxy) is 1. The Morgan fingerprint density at radius 2 is 1.96 bits per heavy atom. The van der Waals surface area contributed by atoms with Crippen LogP contribution in [0.4, 0.5) is 0 Å². The van der Waals surface area contributed by atoms with Gasteiger partial charge in [-0.1, -0.05) is 13.3 Å². The van der Waals surface area contributed by atoms with E-state index in [0.717, 1.165) is 19.4 Å². The first-order chi connectivity index (χ1) is 12.2. The van der Waals surface area contributed by atoms with Gasteiger partial charge in [0.25, 0.3) is 0 Å². The van der Waals surface area contributed by atoms with E-state index in [9.17, 15) is 25.2 Å². The van der Waals surface area contributed by atoms with Crippen molar-refractivity contribution in [1.29, 1.82) is 0 Å². The minimum Gasteiger partial charge on any atom is -0.391 e. The molecule has 0 aromatic heterocycles. The van der Waals surface area contributed by atoms with E-state index < -0.39 is 42.0 Å². The summed E-state index contributed by atoms with van der Waals surface area (Å²) in [6.45, 7) is 4.44. The highest BCUT2D eigenvalue weighted by atomic mass is 32.2. The van der Waals surface area contributed by atoms with Gasteiger partial charge in [-0.05, 0) is 32.6 Å². The molecule has 9 atom stereocenters. The van der Waals surface area contributed by atoms with Gasteiger partial charge >= 0.3 is 0 Å². The molecule has 0 bridgehead atoms. The Balaban J connectivity index is 2.11. The van der Waals surface area contributed by atoms with Gasteiger partial charge < -0.3 is 30.5 Å². The molecule has 2 rings (SSSR count). The van der Waals surface area contributed by atoms with E-state index in [-0.39, 0.29) is 11.9 Å². The molecule has 2 heterocycles. The number of hydrogen-bond acceptors (Lipinski definition) is 8. The van der Waals surface area contributed by atoms with Crippen LogP contribution in [0.15, 0.2) is 0 Å². The average molecular weight is 393 g/mol. The van der Waals surface area contributed by atoms with Gasteiger partial charge in [0.1, 0.15) is 29.9 Å². The van der Waals surface area contributed by atoms with E-state index in [1.807, 2.05) is 11.9 Å². The van der Waals surface area contributed by atoms with E-state index in [0.29, 0.717) is 5.92 Å². The van der Waals surface area contributed by atoms with Crippen LogP contribution in [0.2, 0.25) is 0 Å². The van der Waals surface area contributed by atoms with Crippen LogP contribution in [-0.2, 0) is 9.53 Å². The second-order valence-corrected chi connectivity index (χ2v) is 8.35. The number of carbonyl (C=O) groups excluding carboxylic acids is 1. The average Bonchev–Trinajstić information content (AvgIpc) is 2.99. The molecule has 2 saturated heterocycles. The topological polar surface area (TPSA) is 122 Å². The number of aliphatic hydroxyl groups is 4. The van der Waals surface area contributed by atoms with E-state index in [1.165, 1.54) is 18.7 Å². The number of amides is 1. The second kappa shape index (κ2) is 9.18. The monoisotopic (exact) mass is 392 g/mol. The SMILES string of the molecule is CC[C@@H]1C[C@@H](C(=O)N[C@@H](C2O[C@H](SC)C(O)[C@H](O)[C@H]2O)[C@@H](C)O)N(C)C1. The predicted molar refractivity (Wildman–Crippen MR) is 98.6 cm³/mol. The third-order valence-corrected chi connectivity index (χ3v) is 6.39. The Labute approximate surface area is 158 Å². The van der Waals surface area contributed by atoms with E-state index >= 15 is 0 Å². The summed E-state index contributed by atoms with van der Waals surface area (Å²) in [6.07, 6.45) is -2.65. The number of thioether (sulfide) groups is 1. The Bertz CT molecular complexity index is 480. The second-order valence-electron chi connectivity index (χ2n) is 7.42. The lowest BCUT2D eigenvalue weighted by molar-refractivity contribution is -0.211. The van der Waals surface area contributed by atoms with Gasteiger partial charge in [-0.15, -0.1) is 11.8 Å². The van der Waals surface area contributed by atoms with Crippen LogP contribution in [0, 0.1) is 5.92 Å². The molecular weight excluding hydrogens is 360 g/mol. The molecule has 0 aliphatic carbocycles. The van der Waals surface area contributed by atoms with Gasteiger partial charge in [0.05, 0.1) is 18.2 Å². The van der Waals surface area contributed by atoms with Crippen molar-refractivity contribution >= 4 is 17.7 Å². The Morgan fingerprint density at radius 3 is 2.46 bits per heavy atom. The number of aliphatic hydroxyl groups excluding tert-OH is 4. The molecule has 0 radical (unpaired) electrons. The molecule has 0 aromatic carbocycles. The van der Waals surface area contributed by atoms with Gasteiger partial charge in [0.2, 0.25) is 5.91 Å². The first kappa shape index (κ1) is 21.9. The maximum Gasteiger partial charge on any atom is 0.237 e. The number of nitrogens with zero attached hydrogens (tertiary/aromatic N) is 1. The van der Waals surface area contributed by atoms with Crippen molar-refractivity contribution in [2.75, 3.05) is 19.8 Å². The molecule has 9 heteroatoms. The summed E-state index contributed by atoms with van der Waals surface area (Å²) in [5.74, 6) is 0.224. The summed E-state index contributed by atoms with van der Waals surface area (Å²) >= 11 is 1.19. The predicted octanol–water partition coefficient (Wildman–Crippen LogP) is -1.25. The largest absolute Gasteiger partial charge is 0.391 e. The minimum absolute atomic E-state index is 0.230. The van der Waals surface area contributed by atoms with Crippen LogP contribution < -0.4 is 5.32 Å². The first-order valence-electron chi connectivity index (χ1n) is 9.12. The number of likely N-dealkylation sites (N-methyl/N-ethyl adjacent to an activating group) is 1. The summed E-state index contributed by atoms with van der Waals surface area (Å²) in [5.41, 5.74) is -0.754. The van der Waals surface area contributed by atoms with Crippen molar-refractivity contribution in [1.82, 2.24) is 10.2 Å². The molecule has 0 spiro atoms. The molecule has 2 unspecified atom stereocenters. The maximum absolute atomic E-state index is 12.8. The molecule has 2 aliphatic heterocycles. The van der Waals surface area contributed by atoms with Crippen molar-refractivity contribution in [2.24, 2.45) is 5.92 Å². The molecule has 152 valence electrons. The van der Waals surface area contributed by atoms with Crippen molar-refractivity contribution in [3.8, 4) is 0 Å². The Hall–Kier alpha value is -0.420. The van der Waals surface area contributed by atoms with Gasteiger partial charge in [-0.2, -0.15) is 0 Å². The van der Waals surface area contributed by atoms with Crippen LogP contribution in [0.3, 0.4) is 0 Å². The fraction of sp³-hybridized carbons (Fsp3) is 0.941. The lowest BCUT2D eigenvalue weighted by Crippen LogP contribution is -2.65. The maximum atomic E-state index is 12.8. The zero-order valence-corrected chi connectivity index (χ0v) is 16.6. The molecule has 2 aliphatic rings. The molecule has 0 aromatic rings. The Kier molecular flexibility index (Phi) is 7.73. The molecule has 1 amide bonds. The first-order valence-corrected chi connectivity index (χ1v) is 10.4. The van der Waals surface area contributed by atoms with Crippen molar-refractivity contribution < 1.29 is 30.0 Å². The quantitative estimate of drug-likeness (QED) is 0.380. The highest BCUT2D eigenvalue weighted by Crippen LogP contribution is 2.30. The molecular formula is C17H32N2O6S. The highest BCUT2D eigenvalue weighted by molar-refractivity contribution is 7.99. The van der Waals surface area contributed by atoms with Crippen LogP contribution in [0.1, 0.15) is 26.7 Å². The van der Waals surface area contributed by atoms with E-state index in [1.54, 1.807) is 6.26 Å². The normalized spacial score (nSPS) is 41.0. The smallest absolute Gasteiger partial charge is 0.237 e. The number of hydrogen-bond donors (Lipinski definition) is 5. The standard InChI is InChI=1S/C17H32N2O6S/c1-5-9-6-10(19(3)7-9)16(24)18-11(8(2)20)15-13(22)12(21)14(23)17(25-15)26-4/h8-15,17,20-23H,5-7H2,1-4H3,(H,18,24)/t8-,9-,10+,11-,12-,13-,14?,15?,17-/m1/s1. The molecule has 5 N–H and O–H groups in total. The summed E-state index contributed by atoms with van der Waals surface area (Å²) in [7, 11) is 1.90. The highest BCUT2D eigenvalue weighted by Gasteiger charge is 2.48. The third-order valence-electron chi connectivity index (χ3n) is 5.54. The zero-order chi connectivity index (χ0) is 19.6. The van der Waals surface area contributed by atoms with Crippen LogP contribution >= 0.6 is 11.8 Å². The van der Waals surface area contributed by atoms with Gasteiger partial charge in [0.15, 0.2) is 0 Å². The molecule has 8 nitrogen and oxygen atoms in total. The molecule has 26 heavy (non-hydrogen) atoms. The summed E-state index contributed by atoms with van der Waals surface area (Å²) in [5, 5.41) is 43.4. The van der Waals surface area contributed by atoms with Gasteiger partial charge in [0, 0.05) is 6.54 Å². The Morgan fingerprint density at radius 1 is 1.31 bits per heavy atom. The lowest BCUT2D eigenvalue weighted by atomic mass is 9.92. The summed E-state index contributed by atoms with van der Waals surface area (Å²) < 4.78 is 5.70. The number of carbonyl (C=O) groups is 1. The zero-order valence-electron chi connectivity index (χ0n) is 15.8. The number of rotatable bonds is 6. The van der Waals surface area contributed by atoms with E-state index in [2.05, 4.69) is 12.2 Å². The van der Waals surface area contributed by atoms with Crippen LogP contribution in [0.25, 0.3) is 0 Å². The van der Waals surface area contributed by atoms with Gasteiger partial charge in [-0.3, -0.25) is 9.69 Å². The lowest BCUT2D eigenvalue weighted by Gasteiger charge is -2.44. The fourth-order valence-corrected chi connectivity index (χ4v) is 4.49. The molecule has 0 saturated carbocycles. The van der Waals surface area contributed by atoms with Gasteiger partial charge in [-0.25, -0.2) is 0 Å². The number of nitrogens with one attached hydrogen (secondary N) is 1. The van der Waals surface area contributed by atoms with Crippen molar-refractivity contribution in [3.63, 3.8) is 0 Å². The van der Waals surface area contributed by atoms with Crippen molar-refractivity contribution in [3.05, 3.63) is 0 Å². The van der Waals surface area contributed by atoms with Crippen LogP contribution in [0.5, 0.6) is 0 Å². The fourth-order valence-electron chi connectivity index (χ4n) is 3.81. The van der Waals surface area contributed by atoms with E-state index in [4.69, 9.17) is 4.74 Å². The summed E-state index contributed by atoms with van der Waals surface area (Å²) in [4.78, 5) is 14.8. The summed E-state index contributed by atoms with van der Waals surface area (Å²) in [6, 6.07) is -1.20. The molecule has 2 fully saturated rings. The van der Waals surface area contributed by atoms with Crippen molar-refractivity contribution in [2.45, 2.75) is 74.7 Å². The number of likely N-dealkylation sites (tertiary alicyclic amines) is 1. The van der Waals surface area contributed by atoms with Crippen LogP contribution in [-0.4, -0.2) is 99.1 Å². The third kappa shape index (κ3) is 4.52. The minimum atomic E-state index is -1.42.